The standard InChI is InChI=1S/C16H27N3O10/c1-11(21)6-17(2-3-18(7-13(22)23)8-14(24)25)4-5-19(9-15(26)27)12(10-20)16(28)29/h12,20H,2-10H2,1H3,(H,22,23)(H,24,25)(H,26,27)(H,28,29). The van der Waals surface area contributed by atoms with E-state index in [-0.39, 0.29) is 38.5 Å². The van der Waals surface area contributed by atoms with E-state index in [1.807, 2.05) is 0 Å². The molecule has 1 atom stereocenters. The van der Waals surface area contributed by atoms with E-state index < -0.39 is 56.2 Å². The van der Waals surface area contributed by atoms with Gasteiger partial charge in [-0.3, -0.25) is 38.7 Å². The van der Waals surface area contributed by atoms with Crippen molar-refractivity contribution < 1.29 is 49.5 Å². The average Bonchev–Trinajstić information content (AvgIpc) is 2.55. The largest absolute Gasteiger partial charge is 0.480 e. The van der Waals surface area contributed by atoms with Crippen LogP contribution >= 0.6 is 0 Å². The van der Waals surface area contributed by atoms with Gasteiger partial charge >= 0.3 is 23.9 Å². The lowest BCUT2D eigenvalue weighted by Gasteiger charge is -2.30. The molecule has 0 aromatic carbocycles. The molecular formula is C16H27N3O10. The summed E-state index contributed by atoms with van der Waals surface area (Å²) in [5.74, 6) is -5.37. The number of aliphatic hydroxyl groups excluding tert-OH is 1. The molecule has 0 aliphatic rings. The van der Waals surface area contributed by atoms with Crippen LogP contribution in [0.2, 0.25) is 0 Å². The van der Waals surface area contributed by atoms with Gasteiger partial charge in [-0.25, -0.2) is 0 Å². The molecule has 0 saturated heterocycles. The lowest BCUT2D eigenvalue weighted by atomic mass is 10.2. The summed E-state index contributed by atoms with van der Waals surface area (Å²) in [6, 6.07) is -1.44. The number of carboxylic acids is 4. The molecular weight excluding hydrogens is 394 g/mol. The molecule has 0 amide bonds. The number of aliphatic carboxylic acids is 4. The van der Waals surface area contributed by atoms with Crippen LogP contribution in [-0.2, 0) is 24.0 Å². The molecule has 0 aliphatic carbocycles. The first-order chi connectivity index (χ1) is 13.5. The smallest absolute Gasteiger partial charge is 0.323 e. The lowest BCUT2D eigenvalue weighted by molar-refractivity contribution is -0.148. The number of aliphatic hydroxyl groups is 1. The van der Waals surface area contributed by atoms with Crippen molar-refractivity contribution >= 4 is 29.7 Å². The van der Waals surface area contributed by atoms with Crippen molar-refractivity contribution in [1.29, 1.82) is 0 Å². The molecule has 1 unspecified atom stereocenters. The molecule has 0 fully saturated rings. The highest BCUT2D eigenvalue weighted by molar-refractivity contribution is 5.77. The molecule has 0 saturated carbocycles. The van der Waals surface area contributed by atoms with Crippen LogP contribution in [0.5, 0.6) is 0 Å². The highest BCUT2D eigenvalue weighted by Gasteiger charge is 2.27. The molecule has 0 aromatic heterocycles. The van der Waals surface area contributed by atoms with Crippen molar-refractivity contribution in [2.24, 2.45) is 0 Å². The van der Waals surface area contributed by atoms with Gasteiger partial charge in [-0.1, -0.05) is 0 Å². The van der Waals surface area contributed by atoms with Gasteiger partial charge < -0.3 is 25.5 Å². The first kappa shape index (κ1) is 26.4. The monoisotopic (exact) mass is 421 g/mol. The molecule has 5 N–H and O–H groups in total. The minimum Gasteiger partial charge on any atom is -0.480 e. The zero-order chi connectivity index (χ0) is 22.6. The summed E-state index contributed by atoms with van der Waals surface area (Å²) in [5.41, 5.74) is 0. The van der Waals surface area contributed by atoms with Crippen molar-refractivity contribution in [3.63, 3.8) is 0 Å². The highest BCUT2D eigenvalue weighted by Crippen LogP contribution is 2.02. The van der Waals surface area contributed by atoms with E-state index >= 15 is 0 Å². The SMILES string of the molecule is CC(=O)CN(CCN(CC(=O)O)CC(=O)O)CCN(CC(=O)O)C(CO)C(=O)O. The van der Waals surface area contributed by atoms with Gasteiger partial charge in [-0.2, -0.15) is 0 Å². The Morgan fingerprint density at radius 2 is 1.14 bits per heavy atom. The normalized spacial score (nSPS) is 12.3. The fourth-order valence-electron chi connectivity index (χ4n) is 2.60. The molecule has 0 rings (SSSR count). The number of carbonyl (C=O) groups is 5. The first-order valence-electron chi connectivity index (χ1n) is 8.63. The maximum Gasteiger partial charge on any atom is 0.323 e. The van der Waals surface area contributed by atoms with Crippen molar-refractivity contribution in [2.75, 3.05) is 59.0 Å². The van der Waals surface area contributed by atoms with Gasteiger partial charge in [0, 0.05) is 26.2 Å². The Balaban J connectivity index is 5.11. The molecule has 13 nitrogen and oxygen atoms in total. The maximum absolute atomic E-state index is 11.5. The molecule has 0 bridgehead atoms. The fraction of sp³-hybridized carbons (Fsp3) is 0.688. The van der Waals surface area contributed by atoms with Crippen LogP contribution in [0.15, 0.2) is 0 Å². The van der Waals surface area contributed by atoms with Crippen molar-refractivity contribution in [3.05, 3.63) is 0 Å². The summed E-state index contributed by atoms with van der Waals surface area (Å²) in [6.07, 6.45) is 0. The van der Waals surface area contributed by atoms with Crippen LogP contribution in [-0.4, -0.2) is 135 Å². The Morgan fingerprint density at radius 1 is 0.690 bits per heavy atom. The summed E-state index contributed by atoms with van der Waals surface area (Å²) < 4.78 is 0. The van der Waals surface area contributed by atoms with Crippen molar-refractivity contribution in [1.82, 2.24) is 14.7 Å². The van der Waals surface area contributed by atoms with Crippen LogP contribution in [0, 0.1) is 0 Å². The summed E-state index contributed by atoms with van der Waals surface area (Å²) >= 11 is 0. The van der Waals surface area contributed by atoms with Gasteiger partial charge in [0.1, 0.15) is 11.8 Å². The van der Waals surface area contributed by atoms with Gasteiger partial charge in [-0.05, 0) is 6.92 Å². The van der Waals surface area contributed by atoms with E-state index in [2.05, 4.69) is 0 Å². The quantitative estimate of drug-likeness (QED) is 0.161. The van der Waals surface area contributed by atoms with Gasteiger partial charge in [0.25, 0.3) is 0 Å². The van der Waals surface area contributed by atoms with Crippen LogP contribution in [0.25, 0.3) is 0 Å². The molecule has 0 aliphatic heterocycles. The van der Waals surface area contributed by atoms with Gasteiger partial charge in [-0.15, -0.1) is 0 Å². The number of ketones is 1. The summed E-state index contributed by atoms with van der Waals surface area (Å²) in [4.78, 5) is 59.1. The van der Waals surface area contributed by atoms with E-state index in [1.54, 1.807) is 0 Å². The van der Waals surface area contributed by atoms with E-state index in [1.165, 1.54) is 11.8 Å². The Morgan fingerprint density at radius 3 is 1.52 bits per heavy atom. The number of hydrogen-bond donors (Lipinski definition) is 5. The van der Waals surface area contributed by atoms with Gasteiger partial charge in [0.05, 0.1) is 32.8 Å². The fourth-order valence-corrected chi connectivity index (χ4v) is 2.60. The topological polar surface area (TPSA) is 196 Å². The second kappa shape index (κ2) is 13.5. The summed E-state index contributed by atoms with van der Waals surface area (Å²) in [7, 11) is 0. The average molecular weight is 421 g/mol. The number of carboxylic acid groups (broad SMARTS) is 4. The molecule has 29 heavy (non-hydrogen) atoms. The van der Waals surface area contributed by atoms with Crippen LogP contribution in [0.1, 0.15) is 6.92 Å². The summed E-state index contributed by atoms with van der Waals surface area (Å²) in [6.45, 7) is -1.21. The third-order valence-electron chi connectivity index (χ3n) is 3.84. The number of carbonyl (C=O) groups excluding carboxylic acids is 1. The molecule has 0 radical (unpaired) electrons. The second-order valence-corrected chi connectivity index (χ2v) is 6.38. The van der Waals surface area contributed by atoms with Crippen LogP contribution in [0.3, 0.4) is 0 Å². The lowest BCUT2D eigenvalue weighted by Crippen LogP contribution is -2.50. The Hall–Kier alpha value is -2.61. The Bertz CT molecular complexity index is 581. The van der Waals surface area contributed by atoms with E-state index in [0.29, 0.717) is 0 Å². The number of Topliss-reactive ketones (excluding diaryl/α,β-unsaturated/α-hetero) is 1. The van der Waals surface area contributed by atoms with E-state index in [0.717, 1.165) is 9.80 Å². The number of nitrogens with zero attached hydrogens (tertiary/aromatic N) is 3. The van der Waals surface area contributed by atoms with Crippen molar-refractivity contribution in [3.8, 4) is 0 Å². The third kappa shape index (κ3) is 12.5. The Labute approximate surface area is 166 Å². The minimum absolute atomic E-state index is 0.00711. The van der Waals surface area contributed by atoms with E-state index in [4.69, 9.17) is 20.4 Å². The molecule has 0 spiro atoms. The summed E-state index contributed by atoms with van der Waals surface area (Å²) in [5, 5.41) is 45.1. The number of hydrogen-bond acceptors (Lipinski definition) is 9. The predicted molar refractivity (Wildman–Crippen MR) is 96.6 cm³/mol. The second-order valence-electron chi connectivity index (χ2n) is 6.38. The molecule has 0 heterocycles. The zero-order valence-electron chi connectivity index (χ0n) is 16.1. The predicted octanol–water partition coefficient (Wildman–Crippen LogP) is -2.82. The number of rotatable bonds is 17. The highest BCUT2D eigenvalue weighted by atomic mass is 16.4. The molecule has 13 heteroatoms. The molecule has 166 valence electrons. The molecule has 0 aromatic rings. The zero-order valence-corrected chi connectivity index (χ0v) is 16.1. The van der Waals surface area contributed by atoms with Gasteiger partial charge in [0.15, 0.2) is 0 Å². The first-order valence-corrected chi connectivity index (χ1v) is 8.63. The van der Waals surface area contributed by atoms with E-state index in [9.17, 15) is 29.1 Å². The third-order valence-corrected chi connectivity index (χ3v) is 3.84. The Kier molecular flexibility index (Phi) is 12.3. The van der Waals surface area contributed by atoms with Crippen LogP contribution in [0.4, 0.5) is 0 Å². The van der Waals surface area contributed by atoms with Gasteiger partial charge in [0.2, 0.25) is 0 Å². The van der Waals surface area contributed by atoms with Crippen LogP contribution < -0.4 is 0 Å². The van der Waals surface area contributed by atoms with Crippen molar-refractivity contribution in [2.45, 2.75) is 13.0 Å². The minimum atomic E-state index is -1.44. The maximum atomic E-state index is 11.5.